The van der Waals surface area contributed by atoms with Gasteiger partial charge in [-0.1, -0.05) is 77.6 Å². The van der Waals surface area contributed by atoms with Crippen LogP contribution in [0.15, 0.2) is 48.5 Å². The molecule has 0 aromatic heterocycles. The molecule has 0 heterocycles. The van der Waals surface area contributed by atoms with E-state index in [1.807, 2.05) is 24.3 Å². The minimum atomic E-state index is 0.116. The lowest BCUT2D eigenvalue weighted by molar-refractivity contribution is 0.103. The molecule has 3 nitrogen and oxygen atoms in total. The summed E-state index contributed by atoms with van der Waals surface area (Å²) in [4.78, 5) is 18.3. The Morgan fingerprint density at radius 2 is 0.938 bits per heavy atom. The van der Waals surface area contributed by atoms with Crippen LogP contribution in [0.5, 0.6) is 0 Å². The van der Waals surface area contributed by atoms with Crippen LogP contribution in [0.2, 0.25) is 0 Å². The third kappa shape index (κ3) is 8.00. The van der Waals surface area contributed by atoms with Crippen molar-refractivity contribution in [2.75, 3.05) is 36.0 Å². The van der Waals surface area contributed by atoms with Crippen LogP contribution in [0.1, 0.15) is 95.0 Å². The zero-order valence-electron chi connectivity index (χ0n) is 20.9. The van der Waals surface area contributed by atoms with Crippen molar-refractivity contribution in [1.82, 2.24) is 0 Å². The number of nitrogens with zero attached hydrogens (tertiary/aromatic N) is 2. The maximum Gasteiger partial charge on any atom is 0.193 e. The van der Waals surface area contributed by atoms with E-state index in [0.29, 0.717) is 0 Å². The van der Waals surface area contributed by atoms with Crippen molar-refractivity contribution in [2.45, 2.75) is 79.1 Å². The standard InChI is InChI=1S/C29H44N2O/c1-5-9-19-30(20-10-6-2)27-17-13-15-25(23-27)29(32)26-16-14-18-28(24-26)31(21-11-7-3)22-12-8-4/h13-18,23-24H,5-12,19-22H2,1-4H3. The minimum Gasteiger partial charge on any atom is -0.372 e. The zero-order chi connectivity index (χ0) is 23.2. The summed E-state index contributed by atoms with van der Waals surface area (Å²) in [6.07, 6.45) is 9.43. The molecule has 2 aromatic carbocycles. The number of anilines is 2. The monoisotopic (exact) mass is 436 g/mol. The molecule has 0 spiro atoms. The Kier molecular flexibility index (Phi) is 11.9. The van der Waals surface area contributed by atoms with Crippen molar-refractivity contribution in [3.05, 3.63) is 59.7 Å². The second kappa shape index (κ2) is 14.7. The first-order valence-corrected chi connectivity index (χ1v) is 12.9. The van der Waals surface area contributed by atoms with Gasteiger partial charge in [0.15, 0.2) is 5.78 Å². The van der Waals surface area contributed by atoms with Gasteiger partial charge in [-0.25, -0.2) is 0 Å². The van der Waals surface area contributed by atoms with E-state index in [9.17, 15) is 4.79 Å². The lowest BCUT2D eigenvalue weighted by atomic mass is 10.0. The number of carbonyl (C=O) groups excluding carboxylic acids is 1. The lowest BCUT2D eigenvalue weighted by Crippen LogP contribution is -2.26. The summed E-state index contributed by atoms with van der Waals surface area (Å²) in [6, 6.07) is 16.5. The smallest absolute Gasteiger partial charge is 0.193 e. The van der Waals surface area contributed by atoms with Crippen LogP contribution in [-0.2, 0) is 0 Å². The van der Waals surface area contributed by atoms with Crippen molar-refractivity contribution in [3.63, 3.8) is 0 Å². The molecule has 0 fully saturated rings. The van der Waals surface area contributed by atoms with Gasteiger partial charge in [0.1, 0.15) is 0 Å². The largest absolute Gasteiger partial charge is 0.372 e. The minimum absolute atomic E-state index is 0.116. The van der Waals surface area contributed by atoms with E-state index in [0.717, 1.165) is 37.3 Å². The van der Waals surface area contributed by atoms with Crippen LogP contribution >= 0.6 is 0 Å². The molecule has 0 aliphatic heterocycles. The Morgan fingerprint density at radius 1 is 0.594 bits per heavy atom. The van der Waals surface area contributed by atoms with Gasteiger partial charge in [-0.15, -0.1) is 0 Å². The molecule has 0 aliphatic carbocycles. The van der Waals surface area contributed by atoms with Gasteiger partial charge in [0, 0.05) is 48.7 Å². The fraction of sp³-hybridized carbons (Fsp3) is 0.552. The highest BCUT2D eigenvalue weighted by Crippen LogP contribution is 2.23. The van der Waals surface area contributed by atoms with Crippen LogP contribution in [0, 0.1) is 0 Å². The van der Waals surface area contributed by atoms with Crippen LogP contribution in [-0.4, -0.2) is 32.0 Å². The van der Waals surface area contributed by atoms with Crippen LogP contribution in [0.25, 0.3) is 0 Å². The average Bonchev–Trinajstić information content (AvgIpc) is 2.84. The van der Waals surface area contributed by atoms with E-state index in [2.05, 4.69) is 61.8 Å². The summed E-state index contributed by atoms with van der Waals surface area (Å²) < 4.78 is 0. The summed E-state index contributed by atoms with van der Waals surface area (Å²) in [7, 11) is 0. The van der Waals surface area contributed by atoms with Gasteiger partial charge < -0.3 is 9.80 Å². The third-order valence-corrected chi connectivity index (χ3v) is 6.07. The number of benzene rings is 2. The predicted molar refractivity (Wildman–Crippen MR) is 140 cm³/mol. The molecule has 0 N–H and O–H groups in total. The van der Waals surface area contributed by atoms with Gasteiger partial charge in [-0.05, 0) is 49.9 Å². The fourth-order valence-electron chi connectivity index (χ4n) is 3.99. The van der Waals surface area contributed by atoms with Crippen LogP contribution in [0.4, 0.5) is 11.4 Å². The van der Waals surface area contributed by atoms with Gasteiger partial charge in [0.2, 0.25) is 0 Å². The molecular weight excluding hydrogens is 392 g/mol. The maximum absolute atomic E-state index is 13.4. The Balaban J connectivity index is 2.25. The summed E-state index contributed by atoms with van der Waals surface area (Å²) >= 11 is 0. The van der Waals surface area contributed by atoms with Crippen LogP contribution < -0.4 is 9.80 Å². The molecule has 0 atom stereocenters. The highest BCUT2D eigenvalue weighted by atomic mass is 16.1. The van der Waals surface area contributed by atoms with E-state index in [1.54, 1.807) is 0 Å². The summed E-state index contributed by atoms with van der Waals surface area (Å²) in [6.45, 7) is 13.1. The van der Waals surface area contributed by atoms with E-state index in [4.69, 9.17) is 0 Å². The topological polar surface area (TPSA) is 23.6 Å². The van der Waals surface area contributed by atoms with Crippen molar-refractivity contribution in [2.24, 2.45) is 0 Å². The van der Waals surface area contributed by atoms with Crippen molar-refractivity contribution in [3.8, 4) is 0 Å². The van der Waals surface area contributed by atoms with Gasteiger partial charge >= 0.3 is 0 Å². The molecule has 0 amide bonds. The van der Waals surface area contributed by atoms with E-state index in [-0.39, 0.29) is 5.78 Å². The van der Waals surface area contributed by atoms with E-state index < -0.39 is 0 Å². The first-order chi connectivity index (χ1) is 15.6. The molecule has 0 saturated carbocycles. The van der Waals surface area contributed by atoms with Gasteiger partial charge in [0.25, 0.3) is 0 Å². The number of hydrogen-bond acceptors (Lipinski definition) is 3. The Morgan fingerprint density at radius 3 is 1.25 bits per heavy atom. The SMILES string of the molecule is CCCCN(CCCC)c1cccc(C(=O)c2cccc(N(CCCC)CCCC)c2)c1. The molecule has 3 heteroatoms. The van der Waals surface area contributed by atoms with Gasteiger partial charge in [-0.2, -0.15) is 0 Å². The number of carbonyl (C=O) groups is 1. The van der Waals surface area contributed by atoms with E-state index >= 15 is 0 Å². The highest BCUT2D eigenvalue weighted by molar-refractivity contribution is 6.09. The zero-order valence-corrected chi connectivity index (χ0v) is 20.9. The second-order valence-corrected chi connectivity index (χ2v) is 8.82. The summed E-state index contributed by atoms with van der Waals surface area (Å²) in [5.41, 5.74) is 3.90. The van der Waals surface area contributed by atoms with Crippen molar-refractivity contribution < 1.29 is 4.79 Å². The molecule has 0 aliphatic rings. The quantitative estimate of drug-likeness (QED) is 0.251. The highest BCUT2D eigenvalue weighted by Gasteiger charge is 2.14. The Hall–Kier alpha value is -2.29. The number of hydrogen-bond donors (Lipinski definition) is 0. The number of rotatable bonds is 16. The van der Waals surface area contributed by atoms with E-state index in [1.165, 1.54) is 62.7 Å². The molecule has 0 radical (unpaired) electrons. The second-order valence-electron chi connectivity index (χ2n) is 8.82. The first-order valence-electron chi connectivity index (χ1n) is 12.9. The molecule has 2 rings (SSSR count). The Labute approximate surface area is 196 Å². The number of unbranched alkanes of at least 4 members (excludes halogenated alkanes) is 4. The van der Waals surface area contributed by atoms with Crippen molar-refractivity contribution >= 4 is 17.2 Å². The molecule has 0 saturated heterocycles. The average molecular weight is 437 g/mol. The normalized spacial score (nSPS) is 10.9. The molecule has 0 bridgehead atoms. The molecule has 0 unspecified atom stereocenters. The fourth-order valence-corrected chi connectivity index (χ4v) is 3.99. The molecule has 32 heavy (non-hydrogen) atoms. The maximum atomic E-state index is 13.4. The van der Waals surface area contributed by atoms with Crippen LogP contribution in [0.3, 0.4) is 0 Å². The summed E-state index contributed by atoms with van der Waals surface area (Å²) in [5.74, 6) is 0.116. The lowest BCUT2D eigenvalue weighted by Gasteiger charge is -2.26. The molecular formula is C29H44N2O. The molecule has 176 valence electrons. The Bertz CT molecular complexity index is 720. The number of ketones is 1. The van der Waals surface area contributed by atoms with Gasteiger partial charge in [-0.3, -0.25) is 4.79 Å². The first kappa shape index (κ1) is 26.0. The predicted octanol–water partition coefficient (Wildman–Crippen LogP) is 7.73. The van der Waals surface area contributed by atoms with Gasteiger partial charge in [0.05, 0.1) is 0 Å². The van der Waals surface area contributed by atoms with Crippen molar-refractivity contribution in [1.29, 1.82) is 0 Å². The third-order valence-electron chi connectivity index (χ3n) is 6.07. The summed E-state index contributed by atoms with van der Waals surface area (Å²) in [5, 5.41) is 0. The molecule has 2 aromatic rings.